The number of β-lactam (4-membered cyclic amide) rings is 3. The van der Waals surface area contributed by atoms with E-state index in [2.05, 4.69) is 35.5 Å². The van der Waals surface area contributed by atoms with Crippen LogP contribution < -0.4 is 50.8 Å². The van der Waals surface area contributed by atoms with Crippen molar-refractivity contribution in [2.75, 3.05) is 151 Å². The highest BCUT2D eigenvalue weighted by Gasteiger charge is 2.59. The van der Waals surface area contributed by atoms with Crippen LogP contribution in [-0.4, -0.2) is 335 Å². The Morgan fingerprint density at radius 3 is 1.15 bits per heavy atom. The second-order valence-electron chi connectivity index (χ2n) is 28.0. The summed E-state index contributed by atoms with van der Waals surface area (Å²) < 4.78 is 10.9. The molecular weight excluding hydrogens is 1360 g/mol. The first-order valence-corrected chi connectivity index (χ1v) is 36.2. The Balaban J connectivity index is 0.000000220. The topological polar surface area (TPSA) is 535 Å². The van der Waals surface area contributed by atoms with E-state index in [0.717, 1.165) is 40.2 Å². The number of aliphatic carboxylic acids is 1. The van der Waals surface area contributed by atoms with E-state index in [4.69, 9.17) is 49.6 Å². The molecule has 39 nitrogen and oxygen atoms in total. The summed E-state index contributed by atoms with van der Waals surface area (Å²) in [6.07, 6.45) is 3.14. The minimum atomic E-state index is -1.18. The number of hydrogen-bond donors (Lipinski definition) is 10. The number of hydrogen-bond acceptors (Lipinski definition) is 21. The van der Waals surface area contributed by atoms with Crippen LogP contribution in [-0.2, 0) is 43.0 Å². The van der Waals surface area contributed by atoms with Gasteiger partial charge < -0.3 is 105 Å². The zero-order valence-electron chi connectivity index (χ0n) is 60.9. The summed E-state index contributed by atoms with van der Waals surface area (Å²) in [5, 5.41) is 16.0. The van der Waals surface area contributed by atoms with E-state index in [1.807, 2.05) is 41.5 Å². The highest BCUT2D eigenvalue weighted by molar-refractivity contribution is 6.10. The molecule has 9 aliphatic heterocycles. The molecule has 39 heteroatoms. The van der Waals surface area contributed by atoms with Gasteiger partial charge in [0.05, 0.1) is 17.8 Å². The number of piperidine rings is 1. The van der Waals surface area contributed by atoms with Gasteiger partial charge in [-0.2, -0.15) is 0 Å². The molecular formula is C65H110N24O15. The Morgan fingerprint density at radius 2 is 0.817 bits per heavy atom. The fourth-order valence-corrected chi connectivity index (χ4v) is 13.4. The van der Waals surface area contributed by atoms with Crippen LogP contribution in [0.2, 0.25) is 0 Å². The second-order valence-corrected chi connectivity index (χ2v) is 28.0. The number of nitrogens with two attached hydrogens (primary N) is 7. The molecule has 17 N–H and O–H groups in total. The van der Waals surface area contributed by atoms with Gasteiger partial charge in [-0.05, 0) is 83.5 Å². The van der Waals surface area contributed by atoms with Crippen LogP contribution in [0.15, 0.2) is 20.0 Å². The number of nitrogens with zero attached hydrogens (tertiary/aromatic N) is 15. The predicted molar refractivity (Wildman–Crippen MR) is 380 cm³/mol. The fraction of sp³-hybridized carbons (Fsp3) is 0.754. The molecule has 0 aromatic rings. The van der Waals surface area contributed by atoms with Gasteiger partial charge in [0.15, 0.2) is 29.9 Å². The molecule has 104 heavy (non-hydrogen) atoms. The van der Waals surface area contributed by atoms with Crippen LogP contribution in [0.1, 0.15) is 99.3 Å². The van der Waals surface area contributed by atoms with E-state index in [9.17, 15) is 62.6 Å². The molecule has 0 aromatic carbocycles. The number of carboxylic acids is 1. The third-order valence-corrected chi connectivity index (χ3v) is 20.4. The Morgan fingerprint density at radius 1 is 0.471 bits per heavy atom. The highest BCUT2D eigenvalue weighted by atomic mass is 16.6. The van der Waals surface area contributed by atoms with E-state index in [0.29, 0.717) is 150 Å². The van der Waals surface area contributed by atoms with Gasteiger partial charge in [0.25, 0.3) is 0 Å². The summed E-state index contributed by atoms with van der Waals surface area (Å²) in [5.74, 6) is -4.50. The van der Waals surface area contributed by atoms with Crippen molar-refractivity contribution >= 4 is 95.5 Å². The van der Waals surface area contributed by atoms with Crippen molar-refractivity contribution in [2.24, 2.45) is 95.6 Å². The lowest BCUT2D eigenvalue weighted by atomic mass is 9.82. The minimum Gasteiger partial charge on any atom is -0.480 e. The lowest BCUT2D eigenvalue weighted by molar-refractivity contribution is -0.167. The first-order valence-electron chi connectivity index (χ1n) is 36.2. The van der Waals surface area contributed by atoms with Crippen LogP contribution in [0.3, 0.4) is 0 Å². The predicted octanol–water partition coefficient (Wildman–Crippen LogP) is -3.23. The molecule has 0 radical (unpaired) electrons. The zero-order chi connectivity index (χ0) is 76.2. The molecule has 9 aliphatic rings. The summed E-state index contributed by atoms with van der Waals surface area (Å²) in [4.78, 5) is 186. The van der Waals surface area contributed by atoms with E-state index in [1.54, 1.807) is 19.6 Å². The number of urea groups is 3. The SMILES string of the molecule is CC(C)C(C)OC(=O)N1CCN(C(=O)N2C(=O)[C@H](CCCN=C(N)N)C2C(=O)N2CCC(C(N)=O)CC2)CC1.CC(C)C(C)OC(=O)N1CCN(C(=O)N2C(=O)[C@H](CCCN=C(N)N)C2C(=O)N2CCNCC2)CC1.NC(N)=NCCC[C@H]1C(=O)N(C(=O)N2CCN(C3=NCCCN3)CC2)C1C(=O)O. The third kappa shape index (κ3) is 21.0. The van der Waals surface area contributed by atoms with Crippen LogP contribution in [0, 0.1) is 35.5 Å². The van der Waals surface area contributed by atoms with Crippen LogP contribution in [0.5, 0.6) is 0 Å². The number of amides is 14. The molecule has 580 valence electrons. The molecule has 9 heterocycles. The molecule has 8 atom stereocenters. The van der Waals surface area contributed by atoms with E-state index >= 15 is 0 Å². The quantitative estimate of drug-likeness (QED) is 0.0248. The van der Waals surface area contributed by atoms with Gasteiger partial charge >= 0.3 is 36.2 Å². The molecule has 0 aromatic heterocycles. The van der Waals surface area contributed by atoms with Gasteiger partial charge in [-0.15, -0.1) is 0 Å². The number of piperazine rings is 4. The normalized spacial score (nSPS) is 23.4. The lowest BCUT2D eigenvalue weighted by Crippen LogP contribution is -2.71. The molecule has 8 saturated heterocycles. The Bertz CT molecular complexity index is 3180. The maximum Gasteiger partial charge on any atom is 0.410 e. The number of ether oxygens (including phenoxy) is 2. The number of rotatable bonds is 20. The van der Waals surface area contributed by atoms with Gasteiger partial charge in [0, 0.05) is 156 Å². The van der Waals surface area contributed by atoms with Gasteiger partial charge in [-0.3, -0.25) is 58.5 Å². The van der Waals surface area contributed by atoms with Crippen molar-refractivity contribution < 1.29 is 72.1 Å². The Hall–Kier alpha value is -9.72. The maximum atomic E-state index is 13.6. The zero-order valence-corrected chi connectivity index (χ0v) is 60.9. The largest absolute Gasteiger partial charge is 0.480 e. The lowest BCUT2D eigenvalue weighted by Gasteiger charge is -2.49. The summed E-state index contributed by atoms with van der Waals surface area (Å²) in [6, 6.07) is -4.49. The van der Waals surface area contributed by atoms with Crippen LogP contribution in [0.25, 0.3) is 0 Å². The summed E-state index contributed by atoms with van der Waals surface area (Å²) in [6.45, 7) is 21.3. The molecule has 9 rings (SSSR count). The summed E-state index contributed by atoms with van der Waals surface area (Å²) in [7, 11) is 0. The van der Waals surface area contributed by atoms with Crippen molar-refractivity contribution in [1.29, 1.82) is 0 Å². The monoisotopic (exact) mass is 1470 g/mol. The number of aliphatic imine (C=N–C) groups is 4. The number of likely N-dealkylation sites (tertiary alicyclic amines) is 4. The number of imide groups is 3. The maximum absolute atomic E-state index is 13.6. The number of guanidine groups is 4. The molecule has 14 amide bonds. The average molecular weight is 1470 g/mol. The van der Waals surface area contributed by atoms with Gasteiger partial charge in [0.1, 0.15) is 24.3 Å². The van der Waals surface area contributed by atoms with E-state index < -0.39 is 89.8 Å². The van der Waals surface area contributed by atoms with E-state index in [1.165, 1.54) is 14.7 Å². The number of carbonyl (C=O) groups is 12. The average Bonchev–Trinajstić information content (AvgIpc) is 0.754. The standard InChI is InChI=1S/C25H42N8O6.C23H40N8O5.C17H28N8O4/c1-15(2)16(3)39-25(38)32-13-11-31(12-14-32)24(37)33-19(18(21(33)35)5-4-8-29-23(27)28)22(36)30-9-6-17(7-10-30)20(26)34;1-15(2)16(3)36-23(35)30-13-11-29(12-14-30)22(34)31-18(20(33)28-9-7-26-8-10-28)17(19(31)32)5-4-6-27-21(24)25;18-15(19)20-4-1-3-11-12(14(27)28)25(13(11)26)17(29)24-9-7-23(8-10-24)16-21-5-2-6-22-16/h15-19H,4-14H2,1-3H3,(H2,26,34)(H4,27,28,29);15-18,26H,4-14H2,1-3H3,(H4,24,25,27);11-12H,1-10H2,(H,21,22)(H,27,28)(H4,18,19,20)/t16?,18-,19?;16?,17-,18?;11-,12?/m111/s1. The van der Waals surface area contributed by atoms with E-state index in [-0.39, 0.29) is 105 Å². The van der Waals surface area contributed by atoms with Crippen molar-refractivity contribution in [3.8, 4) is 0 Å². The number of nitrogens with one attached hydrogen (secondary N) is 2. The molecule has 0 aliphatic carbocycles. The van der Waals surface area contributed by atoms with Crippen molar-refractivity contribution in [2.45, 2.75) is 130 Å². The van der Waals surface area contributed by atoms with Crippen molar-refractivity contribution in [1.82, 2.24) is 64.5 Å². The molecule has 0 spiro atoms. The number of carboxylic acid groups (broad SMARTS) is 1. The first kappa shape index (κ1) is 81.6. The third-order valence-electron chi connectivity index (χ3n) is 20.4. The summed E-state index contributed by atoms with van der Waals surface area (Å²) in [5.41, 5.74) is 37.4. The van der Waals surface area contributed by atoms with Gasteiger partial charge in [0.2, 0.25) is 35.4 Å². The van der Waals surface area contributed by atoms with Crippen molar-refractivity contribution in [3.63, 3.8) is 0 Å². The molecule has 5 unspecified atom stereocenters. The smallest absolute Gasteiger partial charge is 0.410 e. The van der Waals surface area contributed by atoms with Crippen molar-refractivity contribution in [3.05, 3.63) is 0 Å². The first-order chi connectivity index (χ1) is 49.4. The number of primary amides is 1. The van der Waals surface area contributed by atoms with Gasteiger partial charge in [-0.25, -0.2) is 33.7 Å². The fourth-order valence-electron chi connectivity index (χ4n) is 13.4. The molecule has 0 bridgehead atoms. The van der Waals surface area contributed by atoms with Crippen LogP contribution >= 0.6 is 0 Å². The Kier molecular flexibility index (Phi) is 29.9. The van der Waals surface area contributed by atoms with Gasteiger partial charge in [-0.1, -0.05) is 27.7 Å². The highest BCUT2D eigenvalue weighted by Crippen LogP contribution is 2.37. The minimum absolute atomic E-state index is 0.0260. The summed E-state index contributed by atoms with van der Waals surface area (Å²) >= 11 is 0. The Labute approximate surface area is 605 Å². The number of carbonyl (C=O) groups excluding carboxylic acids is 11. The van der Waals surface area contributed by atoms with Crippen LogP contribution in [0.4, 0.5) is 24.0 Å². The second kappa shape index (κ2) is 38.2. The molecule has 0 saturated carbocycles. The molecule has 8 fully saturated rings.